The Bertz CT molecular complexity index is 196. The number of rotatable bonds is 1. The van der Waals surface area contributed by atoms with Crippen LogP contribution in [0.2, 0.25) is 0 Å². The van der Waals surface area contributed by atoms with Crippen LogP contribution in [0.15, 0.2) is 11.8 Å². The monoisotopic (exact) mass is 155 g/mol. The molecule has 1 unspecified atom stereocenters. The molecule has 0 saturated carbocycles. The van der Waals surface area contributed by atoms with Gasteiger partial charge in [0.15, 0.2) is 0 Å². The van der Waals surface area contributed by atoms with Crippen molar-refractivity contribution in [2.45, 2.75) is 13.8 Å². The van der Waals surface area contributed by atoms with Gasteiger partial charge in [0.25, 0.3) is 0 Å². The van der Waals surface area contributed by atoms with E-state index in [1.165, 1.54) is 6.08 Å². The fourth-order valence-electron chi connectivity index (χ4n) is 1.18. The molecule has 0 aromatic heterocycles. The number of amides is 1. The molecule has 11 heavy (non-hydrogen) atoms. The van der Waals surface area contributed by atoms with Crippen molar-refractivity contribution in [3.8, 4) is 0 Å². The number of aliphatic hydroxyl groups excluding tert-OH is 1. The van der Waals surface area contributed by atoms with Crippen LogP contribution in [-0.4, -0.2) is 17.6 Å². The molecule has 0 radical (unpaired) electrons. The largest absolute Gasteiger partial charge is 0.512 e. The van der Waals surface area contributed by atoms with E-state index in [9.17, 15) is 9.90 Å². The molecule has 1 amide bonds. The molecule has 1 heterocycles. The molecular formula is C8H13NO2. The minimum atomic E-state index is -0.195. The van der Waals surface area contributed by atoms with Gasteiger partial charge in [-0.25, -0.2) is 0 Å². The average molecular weight is 155 g/mol. The Balaban J connectivity index is 2.72. The number of nitrogens with one attached hydrogen (secondary N) is 1. The maximum absolute atomic E-state index is 10.7. The molecule has 1 rings (SSSR count). The summed E-state index contributed by atoms with van der Waals surface area (Å²) in [5.41, 5.74) is 0. The van der Waals surface area contributed by atoms with Gasteiger partial charge in [-0.05, 0) is 5.92 Å². The fourth-order valence-corrected chi connectivity index (χ4v) is 1.18. The molecular weight excluding hydrogens is 142 g/mol. The highest BCUT2D eigenvalue weighted by Gasteiger charge is 2.22. The van der Waals surface area contributed by atoms with Gasteiger partial charge in [0, 0.05) is 18.5 Å². The van der Waals surface area contributed by atoms with Gasteiger partial charge in [-0.3, -0.25) is 4.79 Å². The third-order valence-corrected chi connectivity index (χ3v) is 1.96. The van der Waals surface area contributed by atoms with Crippen molar-refractivity contribution in [3.63, 3.8) is 0 Å². The summed E-state index contributed by atoms with van der Waals surface area (Å²) in [7, 11) is 0. The highest BCUT2D eigenvalue weighted by atomic mass is 16.3. The molecule has 3 nitrogen and oxygen atoms in total. The zero-order valence-corrected chi connectivity index (χ0v) is 6.79. The van der Waals surface area contributed by atoms with E-state index in [2.05, 4.69) is 5.32 Å². The summed E-state index contributed by atoms with van der Waals surface area (Å²) in [5, 5.41) is 12.0. The minimum absolute atomic E-state index is 0.0905. The smallest absolute Gasteiger partial charge is 0.247 e. The van der Waals surface area contributed by atoms with E-state index in [4.69, 9.17) is 0 Å². The summed E-state index contributed by atoms with van der Waals surface area (Å²) in [5.74, 6) is 0.475. The maximum atomic E-state index is 10.7. The van der Waals surface area contributed by atoms with Crippen LogP contribution in [0.1, 0.15) is 13.8 Å². The van der Waals surface area contributed by atoms with Crippen molar-refractivity contribution in [1.29, 1.82) is 0 Å². The zero-order chi connectivity index (χ0) is 8.43. The van der Waals surface area contributed by atoms with Crippen LogP contribution in [0.3, 0.4) is 0 Å². The lowest BCUT2D eigenvalue weighted by Crippen LogP contribution is -2.36. The zero-order valence-electron chi connectivity index (χ0n) is 6.79. The molecule has 0 aliphatic carbocycles. The molecule has 62 valence electrons. The van der Waals surface area contributed by atoms with Crippen LogP contribution in [-0.2, 0) is 4.79 Å². The SMILES string of the molecule is CC(C)C1CNC(=O)C=C1O. The molecule has 1 atom stereocenters. The van der Waals surface area contributed by atoms with Gasteiger partial charge in [-0.1, -0.05) is 13.8 Å². The van der Waals surface area contributed by atoms with Crippen molar-refractivity contribution < 1.29 is 9.90 Å². The molecule has 1 aliphatic rings. The first kappa shape index (κ1) is 8.11. The van der Waals surface area contributed by atoms with Crippen LogP contribution < -0.4 is 5.32 Å². The van der Waals surface area contributed by atoms with Crippen LogP contribution in [0.25, 0.3) is 0 Å². The van der Waals surface area contributed by atoms with Gasteiger partial charge in [-0.2, -0.15) is 0 Å². The molecule has 1 aliphatic heterocycles. The Morgan fingerprint density at radius 2 is 2.36 bits per heavy atom. The van der Waals surface area contributed by atoms with E-state index in [0.29, 0.717) is 12.5 Å². The number of hydrogen-bond acceptors (Lipinski definition) is 2. The second-order valence-corrected chi connectivity index (χ2v) is 3.16. The standard InChI is InChI=1S/C8H13NO2/c1-5(2)6-4-9-8(11)3-7(6)10/h3,5-6,10H,4H2,1-2H3,(H,9,11). The summed E-state index contributed by atoms with van der Waals surface area (Å²) >= 11 is 0. The van der Waals surface area contributed by atoms with Crippen LogP contribution in [0.4, 0.5) is 0 Å². The average Bonchev–Trinajstić information content (AvgIpc) is 1.85. The highest BCUT2D eigenvalue weighted by Crippen LogP contribution is 2.19. The van der Waals surface area contributed by atoms with Crippen LogP contribution in [0, 0.1) is 11.8 Å². The maximum Gasteiger partial charge on any atom is 0.247 e. The molecule has 3 heteroatoms. The summed E-state index contributed by atoms with van der Waals surface area (Å²) < 4.78 is 0. The number of carbonyl (C=O) groups is 1. The third-order valence-electron chi connectivity index (χ3n) is 1.96. The van der Waals surface area contributed by atoms with Crippen molar-refractivity contribution in [1.82, 2.24) is 5.32 Å². The third kappa shape index (κ3) is 1.73. The second kappa shape index (κ2) is 2.95. The van der Waals surface area contributed by atoms with Gasteiger partial charge in [0.1, 0.15) is 5.76 Å². The number of carbonyl (C=O) groups excluding carboxylic acids is 1. The predicted molar refractivity (Wildman–Crippen MR) is 42.0 cm³/mol. The van der Waals surface area contributed by atoms with E-state index in [-0.39, 0.29) is 17.6 Å². The summed E-state index contributed by atoms with van der Waals surface area (Å²) in [4.78, 5) is 10.7. The van der Waals surface area contributed by atoms with Gasteiger partial charge in [-0.15, -0.1) is 0 Å². The molecule has 0 spiro atoms. The number of aliphatic hydroxyl groups is 1. The Morgan fingerprint density at radius 1 is 1.73 bits per heavy atom. The molecule has 0 saturated heterocycles. The second-order valence-electron chi connectivity index (χ2n) is 3.16. The molecule has 0 aromatic carbocycles. The van der Waals surface area contributed by atoms with E-state index >= 15 is 0 Å². The van der Waals surface area contributed by atoms with Gasteiger partial charge >= 0.3 is 0 Å². The van der Waals surface area contributed by atoms with E-state index < -0.39 is 0 Å². The van der Waals surface area contributed by atoms with Crippen molar-refractivity contribution in [2.24, 2.45) is 11.8 Å². The molecule has 0 bridgehead atoms. The van der Waals surface area contributed by atoms with Gasteiger partial charge < -0.3 is 10.4 Å². The quantitative estimate of drug-likeness (QED) is 0.589. The van der Waals surface area contributed by atoms with E-state index in [1.807, 2.05) is 13.8 Å². The highest BCUT2D eigenvalue weighted by molar-refractivity contribution is 5.88. The first-order valence-corrected chi connectivity index (χ1v) is 3.79. The topological polar surface area (TPSA) is 49.3 Å². The van der Waals surface area contributed by atoms with Crippen molar-refractivity contribution in [3.05, 3.63) is 11.8 Å². The minimum Gasteiger partial charge on any atom is -0.512 e. The fraction of sp³-hybridized carbons (Fsp3) is 0.625. The summed E-state index contributed by atoms with van der Waals surface area (Å²) in [6.45, 7) is 4.59. The van der Waals surface area contributed by atoms with Crippen molar-refractivity contribution in [2.75, 3.05) is 6.54 Å². The Morgan fingerprint density at radius 3 is 2.82 bits per heavy atom. The van der Waals surface area contributed by atoms with Crippen LogP contribution >= 0.6 is 0 Å². The lowest BCUT2D eigenvalue weighted by molar-refractivity contribution is -0.117. The van der Waals surface area contributed by atoms with E-state index in [1.54, 1.807) is 0 Å². The van der Waals surface area contributed by atoms with Gasteiger partial charge in [0.2, 0.25) is 5.91 Å². The molecule has 0 fully saturated rings. The Hall–Kier alpha value is -0.990. The first-order valence-electron chi connectivity index (χ1n) is 3.79. The first-order chi connectivity index (χ1) is 5.11. The Labute approximate surface area is 66.1 Å². The van der Waals surface area contributed by atoms with E-state index in [0.717, 1.165) is 0 Å². The summed E-state index contributed by atoms with van der Waals surface area (Å²) in [6.07, 6.45) is 1.26. The van der Waals surface area contributed by atoms with Gasteiger partial charge in [0.05, 0.1) is 0 Å². The summed E-state index contributed by atoms with van der Waals surface area (Å²) in [6, 6.07) is 0. The lowest BCUT2D eigenvalue weighted by Gasteiger charge is -2.23. The normalized spacial score (nSPS) is 24.8. The molecule has 2 N–H and O–H groups in total. The predicted octanol–water partition coefficient (Wildman–Crippen LogP) is 0.830. The van der Waals surface area contributed by atoms with Crippen LogP contribution in [0.5, 0.6) is 0 Å². The Kier molecular flexibility index (Phi) is 2.17. The lowest BCUT2D eigenvalue weighted by atomic mass is 9.92. The molecule has 0 aromatic rings. The van der Waals surface area contributed by atoms with Crippen molar-refractivity contribution >= 4 is 5.91 Å². The number of hydrogen-bond donors (Lipinski definition) is 2.